The van der Waals surface area contributed by atoms with E-state index in [2.05, 4.69) is 25.2 Å². The number of hydrogen-bond donors (Lipinski definition) is 0. The molecule has 0 saturated heterocycles. The van der Waals surface area contributed by atoms with Crippen LogP contribution in [0.15, 0.2) is 23.8 Å². The molecule has 0 bridgehead atoms. The van der Waals surface area contributed by atoms with Crippen LogP contribution in [0.3, 0.4) is 0 Å². The van der Waals surface area contributed by atoms with E-state index in [1.807, 2.05) is 0 Å². The van der Waals surface area contributed by atoms with Gasteiger partial charge in [0.15, 0.2) is 0 Å². The van der Waals surface area contributed by atoms with E-state index in [4.69, 9.17) is 9.47 Å². The molecule has 0 amide bonds. The fourth-order valence-corrected chi connectivity index (χ4v) is 3.60. The van der Waals surface area contributed by atoms with Gasteiger partial charge < -0.3 is 9.47 Å². The lowest BCUT2D eigenvalue weighted by atomic mass is 10.1. The number of rotatable bonds is 6. The molecule has 0 N–H and O–H groups in total. The van der Waals surface area contributed by atoms with Crippen molar-refractivity contribution in [2.45, 2.75) is 31.2 Å². The second-order valence-corrected chi connectivity index (χ2v) is 5.71. The average molecular weight is 212 g/mol. The minimum atomic E-state index is -0.354. The molecule has 0 aromatic heterocycles. The highest BCUT2D eigenvalue weighted by Crippen LogP contribution is 2.27. The van der Waals surface area contributed by atoms with Gasteiger partial charge in [-0.3, -0.25) is 0 Å². The first kappa shape index (κ1) is 11.7. The zero-order chi connectivity index (χ0) is 10.4. The van der Waals surface area contributed by atoms with Crippen LogP contribution in [0.2, 0.25) is 5.54 Å². The molecule has 0 spiro atoms. The highest BCUT2D eigenvalue weighted by Gasteiger charge is 2.18. The van der Waals surface area contributed by atoms with Crippen LogP contribution < -0.4 is 0 Å². The quantitative estimate of drug-likeness (QED) is 0.494. The van der Waals surface area contributed by atoms with Gasteiger partial charge in [-0.05, 0) is 12.0 Å². The Morgan fingerprint density at radius 3 is 2.57 bits per heavy atom. The lowest BCUT2D eigenvalue weighted by Crippen LogP contribution is -2.25. The minimum Gasteiger partial charge on any atom is -0.360 e. The van der Waals surface area contributed by atoms with Crippen molar-refractivity contribution in [3.05, 3.63) is 23.8 Å². The summed E-state index contributed by atoms with van der Waals surface area (Å²) in [6, 6.07) is 0. The van der Waals surface area contributed by atoms with E-state index in [9.17, 15) is 0 Å². The average Bonchev–Trinajstić information content (AvgIpc) is 2.73. The standard InChI is InChI=1S/C11H20O2Si/c1-4-10(9-7-5-6-8-9)14-11(12-2)13-3/h5,7-8,10-11H,4,6,14H2,1-3H3. The van der Waals surface area contributed by atoms with Crippen molar-refractivity contribution in [3.8, 4) is 0 Å². The minimum absolute atomic E-state index is 0.0647. The monoisotopic (exact) mass is 212 g/mol. The van der Waals surface area contributed by atoms with Gasteiger partial charge in [0.2, 0.25) is 0 Å². The highest BCUT2D eigenvalue weighted by molar-refractivity contribution is 6.40. The maximum Gasteiger partial charge on any atom is 0.134 e. The highest BCUT2D eigenvalue weighted by atomic mass is 28.2. The van der Waals surface area contributed by atoms with E-state index in [0.29, 0.717) is 5.54 Å². The molecular weight excluding hydrogens is 192 g/mol. The van der Waals surface area contributed by atoms with E-state index in [1.54, 1.807) is 14.2 Å². The Balaban J connectivity index is 2.49. The van der Waals surface area contributed by atoms with E-state index in [1.165, 1.54) is 12.0 Å². The molecule has 1 aliphatic rings. The van der Waals surface area contributed by atoms with E-state index >= 15 is 0 Å². The molecule has 1 rings (SSSR count). The first-order chi connectivity index (χ1) is 6.81. The molecular formula is C11H20O2Si. The van der Waals surface area contributed by atoms with Crippen LogP contribution in [0.25, 0.3) is 0 Å². The summed E-state index contributed by atoms with van der Waals surface area (Å²) in [6.07, 6.45) is 9.10. The molecule has 80 valence electrons. The van der Waals surface area contributed by atoms with Gasteiger partial charge in [0.05, 0.1) is 9.52 Å². The van der Waals surface area contributed by atoms with Crippen LogP contribution in [0.1, 0.15) is 19.8 Å². The van der Waals surface area contributed by atoms with Crippen molar-refractivity contribution in [2.24, 2.45) is 0 Å². The van der Waals surface area contributed by atoms with Crippen LogP contribution in [0.5, 0.6) is 0 Å². The predicted molar refractivity (Wildman–Crippen MR) is 62.2 cm³/mol. The van der Waals surface area contributed by atoms with Crippen LogP contribution in [0.4, 0.5) is 0 Å². The van der Waals surface area contributed by atoms with Gasteiger partial charge in [-0.1, -0.05) is 37.1 Å². The van der Waals surface area contributed by atoms with Gasteiger partial charge in [0.25, 0.3) is 0 Å². The van der Waals surface area contributed by atoms with Crippen LogP contribution >= 0.6 is 0 Å². The largest absolute Gasteiger partial charge is 0.360 e. The Kier molecular flexibility index (Phi) is 5.15. The van der Waals surface area contributed by atoms with Crippen molar-refractivity contribution in [1.82, 2.24) is 0 Å². The summed E-state index contributed by atoms with van der Waals surface area (Å²) in [5, 5.41) is 0. The van der Waals surface area contributed by atoms with Gasteiger partial charge >= 0.3 is 0 Å². The van der Waals surface area contributed by atoms with Gasteiger partial charge in [-0.25, -0.2) is 0 Å². The molecule has 0 saturated carbocycles. The van der Waals surface area contributed by atoms with E-state index in [0.717, 1.165) is 6.42 Å². The summed E-state index contributed by atoms with van der Waals surface area (Å²) < 4.78 is 10.6. The van der Waals surface area contributed by atoms with Gasteiger partial charge in [-0.15, -0.1) is 0 Å². The van der Waals surface area contributed by atoms with Crippen molar-refractivity contribution >= 4 is 9.52 Å². The summed E-state index contributed by atoms with van der Waals surface area (Å²) in [4.78, 5) is 0. The third-order valence-electron chi connectivity index (χ3n) is 2.77. The smallest absolute Gasteiger partial charge is 0.134 e. The zero-order valence-corrected chi connectivity index (χ0v) is 10.7. The fraction of sp³-hybridized carbons (Fsp3) is 0.636. The number of methoxy groups -OCH3 is 2. The molecule has 0 aromatic rings. The normalized spacial score (nSPS) is 18.4. The maximum atomic E-state index is 5.28. The predicted octanol–water partition coefficient (Wildman–Crippen LogP) is 1.82. The Morgan fingerprint density at radius 1 is 1.43 bits per heavy atom. The number of ether oxygens (including phenoxy) is 2. The summed E-state index contributed by atoms with van der Waals surface area (Å²) in [5.41, 5.74) is 2.21. The molecule has 14 heavy (non-hydrogen) atoms. The molecule has 2 nitrogen and oxygen atoms in total. The molecule has 0 fully saturated rings. The van der Waals surface area contributed by atoms with Crippen LogP contribution in [-0.4, -0.2) is 29.7 Å². The first-order valence-corrected chi connectivity index (χ1v) is 6.87. The third kappa shape index (κ3) is 3.08. The molecule has 0 heterocycles. The van der Waals surface area contributed by atoms with E-state index in [-0.39, 0.29) is 15.4 Å². The lowest BCUT2D eigenvalue weighted by molar-refractivity contribution is -0.0446. The summed E-state index contributed by atoms with van der Waals surface area (Å²) in [6.45, 7) is 2.24. The Hall–Kier alpha value is -0.383. The molecule has 0 aromatic carbocycles. The van der Waals surface area contributed by atoms with Gasteiger partial charge in [-0.2, -0.15) is 0 Å². The topological polar surface area (TPSA) is 18.5 Å². The number of hydrogen-bond acceptors (Lipinski definition) is 2. The van der Waals surface area contributed by atoms with Crippen LogP contribution in [-0.2, 0) is 9.47 Å². The van der Waals surface area contributed by atoms with Gasteiger partial charge in [0, 0.05) is 14.2 Å². The third-order valence-corrected chi connectivity index (χ3v) is 5.44. The second-order valence-electron chi connectivity index (χ2n) is 3.58. The van der Waals surface area contributed by atoms with Crippen LogP contribution in [0, 0.1) is 0 Å². The van der Waals surface area contributed by atoms with Crippen molar-refractivity contribution in [2.75, 3.05) is 14.2 Å². The molecule has 3 heteroatoms. The molecule has 1 atom stereocenters. The molecule has 1 aliphatic carbocycles. The summed E-state index contributed by atoms with van der Waals surface area (Å²) >= 11 is 0. The van der Waals surface area contributed by atoms with Crippen molar-refractivity contribution < 1.29 is 9.47 Å². The summed E-state index contributed by atoms with van der Waals surface area (Å²) in [7, 11) is 3.10. The number of allylic oxidation sites excluding steroid dienone is 4. The second kappa shape index (κ2) is 6.17. The van der Waals surface area contributed by atoms with Crippen molar-refractivity contribution in [3.63, 3.8) is 0 Å². The van der Waals surface area contributed by atoms with Gasteiger partial charge in [0.1, 0.15) is 5.91 Å². The molecule has 1 unspecified atom stereocenters. The fourth-order valence-electron chi connectivity index (χ4n) is 1.84. The molecule has 0 radical (unpaired) electrons. The van der Waals surface area contributed by atoms with Crippen molar-refractivity contribution in [1.29, 1.82) is 0 Å². The maximum absolute atomic E-state index is 5.28. The zero-order valence-electron chi connectivity index (χ0n) is 9.32. The SMILES string of the molecule is CCC([SiH2]C(OC)OC)C1=CCC=C1. The molecule has 0 aliphatic heterocycles. The van der Waals surface area contributed by atoms with E-state index < -0.39 is 0 Å². The Morgan fingerprint density at radius 2 is 2.14 bits per heavy atom. The Labute approximate surface area is 88.8 Å². The first-order valence-electron chi connectivity index (χ1n) is 5.24. The summed E-state index contributed by atoms with van der Waals surface area (Å²) in [5.74, 6) is 0.0647. The lowest BCUT2D eigenvalue weighted by Gasteiger charge is -2.20. The Bertz CT molecular complexity index is 219.